The SMILES string of the molecule is Nc1ccc(-n2cncc2-c2ccc(F)cc2)cn1. The van der Waals surface area contributed by atoms with Gasteiger partial charge < -0.3 is 5.73 Å². The Balaban J connectivity index is 2.07. The van der Waals surface area contributed by atoms with Crippen molar-refractivity contribution in [3.05, 3.63) is 60.9 Å². The Hall–Kier alpha value is -2.69. The number of nitrogens with zero attached hydrogens (tertiary/aromatic N) is 3. The van der Waals surface area contributed by atoms with Gasteiger partial charge in [-0.05, 0) is 36.4 Å². The molecule has 0 unspecified atom stereocenters. The van der Waals surface area contributed by atoms with E-state index < -0.39 is 0 Å². The third-order valence-electron chi connectivity index (χ3n) is 2.83. The van der Waals surface area contributed by atoms with Crippen molar-refractivity contribution in [1.82, 2.24) is 14.5 Å². The first kappa shape index (κ1) is 11.4. The second-order valence-corrected chi connectivity index (χ2v) is 4.10. The molecule has 3 aromatic rings. The van der Waals surface area contributed by atoms with Crippen molar-refractivity contribution in [1.29, 1.82) is 0 Å². The van der Waals surface area contributed by atoms with Gasteiger partial charge in [0, 0.05) is 5.56 Å². The lowest BCUT2D eigenvalue weighted by molar-refractivity contribution is 0.628. The van der Waals surface area contributed by atoms with Crippen LogP contribution in [0.2, 0.25) is 0 Å². The van der Waals surface area contributed by atoms with E-state index in [4.69, 9.17) is 5.73 Å². The maximum absolute atomic E-state index is 12.9. The minimum absolute atomic E-state index is 0.260. The van der Waals surface area contributed by atoms with E-state index in [2.05, 4.69) is 9.97 Å². The highest BCUT2D eigenvalue weighted by atomic mass is 19.1. The molecule has 2 aromatic heterocycles. The molecule has 0 aliphatic heterocycles. The van der Waals surface area contributed by atoms with Crippen LogP contribution in [0.5, 0.6) is 0 Å². The molecular weight excluding hydrogens is 243 g/mol. The van der Waals surface area contributed by atoms with E-state index in [1.165, 1.54) is 12.1 Å². The summed E-state index contributed by atoms with van der Waals surface area (Å²) in [5, 5.41) is 0. The second kappa shape index (κ2) is 4.53. The number of aromatic nitrogens is 3. The summed E-state index contributed by atoms with van der Waals surface area (Å²) < 4.78 is 14.8. The molecule has 3 rings (SSSR count). The molecule has 5 heteroatoms. The highest BCUT2D eigenvalue weighted by Crippen LogP contribution is 2.22. The molecule has 2 heterocycles. The van der Waals surface area contributed by atoms with Gasteiger partial charge in [0.1, 0.15) is 11.6 Å². The van der Waals surface area contributed by atoms with Gasteiger partial charge in [0.05, 0.1) is 30.1 Å². The van der Waals surface area contributed by atoms with E-state index in [0.29, 0.717) is 5.82 Å². The quantitative estimate of drug-likeness (QED) is 0.764. The summed E-state index contributed by atoms with van der Waals surface area (Å²) in [4.78, 5) is 8.18. The van der Waals surface area contributed by atoms with Crippen molar-refractivity contribution < 1.29 is 4.39 Å². The third kappa shape index (κ3) is 2.18. The average molecular weight is 254 g/mol. The van der Waals surface area contributed by atoms with Gasteiger partial charge in [0.15, 0.2) is 0 Å². The molecule has 19 heavy (non-hydrogen) atoms. The summed E-state index contributed by atoms with van der Waals surface area (Å²) in [5.41, 5.74) is 8.17. The van der Waals surface area contributed by atoms with E-state index in [1.54, 1.807) is 36.9 Å². The van der Waals surface area contributed by atoms with E-state index in [0.717, 1.165) is 16.9 Å². The predicted molar refractivity (Wildman–Crippen MR) is 71.2 cm³/mol. The Morgan fingerprint density at radius 2 is 1.79 bits per heavy atom. The highest BCUT2D eigenvalue weighted by molar-refractivity contribution is 5.61. The van der Waals surface area contributed by atoms with Crippen LogP contribution in [0.25, 0.3) is 16.9 Å². The standard InChI is InChI=1S/C14H11FN4/c15-11-3-1-10(2-4-11)13-8-17-9-19(13)12-5-6-14(16)18-7-12/h1-9H,(H2,16,18). The van der Waals surface area contributed by atoms with Crippen LogP contribution in [0.15, 0.2) is 55.1 Å². The van der Waals surface area contributed by atoms with Crippen LogP contribution >= 0.6 is 0 Å². The van der Waals surface area contributed by atoms with E-state index in [1.807, 2.05) is 10.6 Å². The molecule has 0 aliphatic carbocycles. The molecule has 2 N–H and O–H groups in total. The van der Waals surface area contributed by atoms with Crippen molar-refractivity contribution >= 4 is 5.82 Å². The van der Waals surface area contributed by atoms with E-state index in [9.17, 15) is 4.39 Å². The fraction of sp³-hybridized carbons (Fsp3) is 0. The van der Waals surface area contributed by atoms with Crippen molar-refractivity contribution in [2.24, 2.45) is 0 Å². The van der Waals surface area contributed by atoms with Crippen LogP contribution in [0.4, 0.5) is 10.2 Å². The first-order chi connectivity index (χ1) is 9.24. The summed E-state index contributed by atoms with van der Waals surface area (Å²) in [5.74, 6) is 0.205. The number of rotatable bonds is 2. The number of benzene rings is 1. The van der Waals surface area contributed by atoms with Crippen LogP contribution in [-0.4, -0.2) is 14.5 Å². The Kier molecular flexibility index (Phi) is 2.72. The predicted octanol–water partition coefficient (Wildman–Crippen LogP) is 2.66. The van der Waals surface area contributed by atoms with Crippen molar-refractivity contribution in [2.45, 2.75) is 0 Å². The Labute approximate surface area is 109 Å². The number of nitrogens with two attached hydrogens (primary N) is 1. The summed E-state index contributed by atoms with van der Waals surface area (Å²) in [6.45, 7) is 0. The first-order valence-electron chi connectivity index (χ1n) is 5.74. The van der Waals surface area contributed by atoms with Gasteiger partial charge in [0.2, 0.25) is 0 Å². The van der Waals surface area contributed by atoms with Crippen molar-refractivity contribution in [2.75, 3.05) is 5.73 Å². The van der Waals surface area contributed by atoms with Crippen molar-refractivity contribution in [3.63, 3.8) is 0 Å². The molecule has 0 saturated heterocycles. The third-order valence-corrected chi connectivity index (χ3v) is 2.83. The molecule has 1 aromatic carbocycles. The first-order valence-corrected chi connectivity index (χ1v) is 5.74. The van der Waals surface area contributed by atoms with E-state index >= 15 is 0 Å². The number of halogens is 1. The molecule has 0 amide bonds. The van der Waals surface area contributed by atoms with Crippen LogP contribution < -0.4 is 5.73 Å². The van der Waals surface area contributed by atoms with Gasteiger partial charge in [-0.25, -0.2) is 14.4 Å². The maximum atomic E-state index is 12.9. The lowest BCUT2D eigenvalue weighted by Crippen LogP contribution is -1.97. The minimum atomic E-state index is -0.260. The Bertz CT molecular complexity index is 626. The molecule has 0 bridgehead atoms. The molecule has 0 atom stereocenters. The monoisotopic (exact) mass is 254 g/mol. The minimum Gasteiger partial charge on any atom is -0.384 e. The van der Waals surface area contributed by atoms with Crippen LogP contribution in [0, 0.1) is 5.82 Å². The van der Waals surface area contributed by atoms with Crippen LogP contribution in [0.1, 0.15) is 0 Å². The molecule has 94 valence electrons. The number of hydrogen-bond acceptors (Lipinski definition) is 3. The Morgan fingerprint density at radius 3 is 2.47 bits per heavy atom. The fourth-order valence-electron chi connectivity index (χ4n) is 1.88. The molecule has 0 spiro atoms. The molecule has 0 aliphatic rings. The normalized spacial score (nSPS) is 10.6. The molecule has 0 fully saturated rings. The fourth-order valence-corrected chi connectivity index (χ4v) is 1.88. The number of pyridine rings is 1. The molecule has 0 radical (unpaired) electrons. The summed E-state index contributed by atoms with van der Waals surface area (Å²) in [7, 11) is 0. The maximum Gasteiger partial charge on any atom is 0.123 e. The lowest BCUT2D eigenvalue weighted by atomic mass is 10.1. The van der Waals surface area contributed by atoms with Crippen LogP contribution in [-0.2, 0) is 0 Å². The number of hydrogen-bond donors (Lipinski definition) is 1. The number of imidazole rings is 1. The van der Waals surface area contributed by atoms with Gasteiger partial charge in [-0.2, -0.15) is 0 Å². The highest BCUT2D eigenvalue weighted by Gasteiger charge is 2.07. The Morgan fingerprint density at radius 1 is 1.00 bits per heavy atom. The van der Waals surface area contributed by atoms with Crippen molar-refractivity contribution in [3.8, 4) is 16.9 Å². The zero-order valence-electron chi connectivity index (χ0n) is 9.99. The zero-order chi connectivity index (χ0) is 13.2. The van der Waals surface area contributed by atoms with Gasteiger partial charge >= 0.3 is 0 Å². The average Bonchev–Trinajstić information content (AvgIpc) is 2.90. The smallest absolute Gasteiger partial charge is 0.123 e. The van der Waals surface area contributed by atoms with Crippen LogP contribution in [0.3, 0.4) is 0 Å². The molecule has 4 nitrogen and oxygen atoms in total. The number of anilines is 1. The van der Waals surface area contributed by atoms with E-state index in [-0.39, 0.29) is 5.82 Å². The summed E-state index contributed by atoms with van der Waals surface area (Å²) in [6.07, 6.45) is 5.08. The topological polar surface area (TPSA) is 56.7 Å². The lowest BCUT2D eigenvalue weighted by Gasteiger charge is -2.08. The van der Waals surface area contributed by atoms with Gasteiger partial charge in [-0.3, -0.25) is 4.57 Å². The van der Waals surface area contributed by atoms with Gasteiger partial charge in [-0.1, -0.05) is 0 Å². The second-order valence-electron chi connectivity index (χ2n) is 4.10. The summed E-state index contributed by atoms with van der Waals surface area (Å²) >= 11 is 0. The zero-order valence-corrected chi connectivity index (χ0v) is 9.99. The molecular formula is C14H11FN4. The van der Waals surface area contributed by atoms with Gasteiger partial charge in [0.25, 0.3) is 0 Å². The number of nitrogen functional groups attached to an aromatic ring is 1. The molecule has 0 saturated carbocycles. The summed E-state index contributed by atoms with van der Waals surface area (Å²) in [6, 6.07) is 9.86. The largest absolute Gasteiger partial charge is 0.384 e. The van der Waals surface area contributed by atoms with Gasteiger partial charge in [-0.15, -0.1) is 0 Å².